The Balaban J connectivity index is 0.000000921. The summed E-state index contributed by atoms with van der Waals surface area (Å²) in [5.74, 6) is 8.00. The number of nitrogens with zero attached hydrogens (tertiary/aromatic N) is 1. The zero-order chi connectivity index (χ0) is 11.5. The summed E-state index contributed by atoms with van der Waals surface area (Å²) < 4.78 is 0. The lowest BCUT2D eigenvalue weighted by Gasteiger charge is -2.26. The summed E-state index contributed by atoms with van der Waals surface area (Å²) in [5.41, 5.74) is 1.27. The van der Waals surface area contributed by atoms with Gasteiger partial charge in [-0.3, -0.25) is 16.6 Å². The molecule has 0 aromatic heterocycles. The minimum absolute atomic E-state index is 1.04. The average Bonchev–Trinajstić information content (AvgIpc) is 2.32. The number of nitrogens with two attached hydrogens (primary N) is 2. The Hall–Kier alpha value is -0.900. The summed E-state index contributed by atoms with van der Waals surface area (Å²) in [6.45, 7) is 11.0. The molecule has 1 aliphatic rings. The SMILES string of the molecule is C=C/C=C(\C=C)CN1CCCCC1.NN. The van der Waals surface area contributed by atoms with E-state index >= 15 is 0 Å². The molecule has 3 nitrogen and oxygen atoms in total. The van der Waals surface area contributed by atoms with E-state index in [0.717, 1.165) is 6.54 Å². The Morgan fingerprint density at radius 2 is 1.73 bits per heavy atom. The van der Waals surface area contributed by atoms with Gasteiger partial charge in [0.1, 0.15) is 0 Å². The van der Waals surface area contributed by atoms with Gasteiger partial charge in [0.25, 0.3) is 0 Å². The van der Waals surface area contributed by atoms with Crippen molar-refractivity contribution in [3.05, 3.63) is 37.0 Å². The van der Waals surface area contributed by atoms with Crippen molar-refractivity contribution in [3.8, 4) is 0 Å². The summed E-state index contributed by atoms with van der Waals surface area (Å²) in [6.07, 6.45) is 9.89. The fourth-order valence-corrected chi connectivity index (χ4v) is 1.71. The molecule has 86 valence electrons. The maximum atomic E-state index is 4.00. The van der Waals surface area contributed by atoms with E-state index in [-0.39, 0.29) is 0 Å². The lowest BCUT2D eigenvalue weighted by molar-refractivity contribution is 0.248. The quantitative estimate of drug-likeness (QED) is 0.420. The smallest absolute Gasteiger partial charge is 0.0233 e. The van der Waals surface area contributed by atoms with E-state index in [1.165, 1.54) is 37.9 Å². The highest BCUT2D eigenvalue weighted by molar-refractivity contribution is 5.22. The van der Waals surface area contributed by atoms with Gasteiger partial charge in [0.15, 0.2) is 0 Å². The zero-order valence-corrected chi connectivity index (χ0v) is 9.49. The molecule has 1 rings (SSSR count). The average molecular weight is 209 g/mol. The molecule has 0 spiro atoms. The predicted octanol–water partition coefficient (Wildman–Crippen LogP) is 1.59. The van der Waals surface area contributed by atoms with Crippen molar-refractivity contribution >= 4 is 0 Å². The van der Waals surface area contributed by atoms with Crippen LogP contribution in [0.2, 0.25) is 0 Å². The second-order valence-electron chi connectivity index (χ2n) is 3.52. The van der Waals surface area contributed by atoms with Crippen LogP contribution < -0.4 is 11.7 Å². The number of piperidine rings is 1. The molecule has 15 heavy (non-hydrogen) atoms. The van der Waals surface area contributed by atoms with Crippen LogP contribution in [0.25, 0.3) is 0 Å². The van der Waals surface area contributed by atoms with E-state index in [2.05, 4.69) is 29.7 Å². The summed E-state index contributed by atoms with van der Waals surface area (Å²) in [5, 5.41) is 0. The molecule has 0 bridgehead atoms. The summed E-state index contributed by atoms with van der Waals surface area (Å²) in [7, 11) is 0. The van der Waals surface area contributed by atoms with Gasteiger partial charge < -0.3 is 0 Å². The minimum Gasteiger partial charge on any atom is -0.299 e. The van der Waals surface area contributed by atoms with Gasteiger partial charge in [0, 0.05) is 6.54 Å². The Morgan fingerprint density at radius 3 is 2.20 bits per heavy atom. The third kappa shape index (κ3) is 6.23. The fourth-order valence-electron chi connectivity index (χ4n) is 1.71. The molecular formula is C12H23N3. The predicted molar refractivity (Wildman–Crippen MR) is 67.1 cm³/mol. The molecule has 1 fully saturated rings. The van der Waals surface area contributed by atoms with Crippen molar-refractivity contribution in [1.29, 1.82) is 0 Å². The van der Waals surface area contributed by atoms with Crippen molar-refractivity contribution in [2.75, 3.05) is 19.6 Å². The first kappa shape index (κ1) is 14.1. The van der Waals surface area contributed by atoms with Gasteiger partial charge in [0.05, 0.1) is 0 Å². The number of hydrazine groups is 1. The Bertz CT molecular complexity index is 203. The van der Waals surface area contributed by atoms with Crippen molar-refractivity contribution in [2.45, 2.75) is 19.3 Å². The van der Waals surface area contributed by atoms with Gasteiger partial charge >= 0.3 is 0 Å². The molecule has 3 heteroatoms. The summed E-state index contributed by atoms with van der Waals surface area (Å²) >= 11 is 0. The fraction of sp³-hybridized carbons (Fsp3) is 0.500. The van der Waals surface area contributed by atoms with Crippen molar-refractivity contribution in [3.63, 3.8) is 0 Å². The van der Waals surface area contributed by atoms with Crippen molar-refractivity contribution in [1.82, 2.24) is 4.90 Å². The molecule has 0 saturated carbocycles. The zero-order valence-electron chi connectivity index (χ0n) is 9.49. The lowest BCUT2D eigenvalue weighted by atomic mass is 10.1. The van der Waals surface area contributed by atoms with Crippen LogP contribution in [-0.2, 0) is 0 Å². The molecule has 4 N–H and O–H groups in total. The number of hydrogen-bond donors (Lipinski definition) is 2. The number of likely N-dealkylation sites (tertiary alicyclic amines) is 1. The molecule has 0 aliphatic carbocycles. The summed E-state index contributed by atoms with van der Waals surface area (Å²) in [6, 6.07) is 0. The van der Waals surface area contributed by atoms with E-state index in [1.54, 1.807) is 0 Å². The molecule has 0 unspecified atom stereocenters. The van der Waals surface area contributed by atoms with Crippen LogP contribution in [0.4, 0.5) is 0 Å². The molecule has 0 radical (unpaired) electrons. The monoisotopic (exact) mass is 209 g/mol. The van der Waals surface area contributed by atoms with E-state index in [9.17, 15) is 0 Å². The Morgan fingerprint density at radius 1 is 1.13 bits per heavy atom. The maximum Gasteiger partial charge on any atom is 0.0233 e. The van der Waals surface area contributed by atoms with E-state index in [0.29, 0.717) is 0 Å². The number of hydrogen-bond acceptors (Lipinski definition) is 3. The molecule has 0 atom stereocenters. The maximum absolute atomic E-state index is 4.00. The molecule has 0 aromatic rings. The third-order valence-corrected chi connectivity index (χ3v) is 2.45. The van der Waals surface area contributed by atoms with Gasteiger partial charge in [0.2, 0.25) is 0 Å². The van der Waals surface area contributed by atoms with Gasteiger partial charge in [-0.25, -0.2) is 0 Å². The largest absolute Gasteiger partial charge is 0.299 e. The van der Waals surface area contributed by atoms with Crippen LogP contribution in [0.3, 0.4) is 0 Å². The van der Waals surface area contributed by atoms with Gasteiger partial charge in [-0.2, -0.15) is 0 Å². The van der Waals surface area contributed by atoms with E-state index < -0.39 is 0 Å². The van der Waals surface area contributed by atoms with Gasteiger partial charge in [-0.15, -0.1) is 0 Å². The highest BCUT2D eigenvalue weighted by Gasteiger charge is 2.09. The normalized spacial score (nSPS) is 17.6. The first-order valence-corrected chi connectivity index (χ1v) is 5.36. The van der Waals surface area contributed by atoms with E-state index in [1.807, 2.05) is 18.2 Å². The number of rotatable bonds is 4. The van der Waals surface area contributed by atoms with Crippen LogP contribution in [0.15, 0.2) is 37.0 Å². The van der Waals surface area contributed by atoms with Crippen molar-refractivity contribution < 1.29 is 0 Å². The number of allylic oxidation sites excluding steroid dienone is 2. The van der Waals surface area contributed by atoms with Crippen LogP contribution in [0.1, 0.15) is 19.3 Å². The highest BCUT2D eigenvalue weighted by atomic mass is 15.1. The lowest BCUT2D eigenvalue weighted by Crippen LogP contribution is -2.31. The highest BCUT2D eigenvalue weighted by Crippen LogP contribution is 2.10. The first-order valence-electron chi connectivity index (χ1n) is 5.36. The minimum atomic E-state index is 1.04. The first-order chi connectivity index (χ1) is 7.36. The Labute approximate surface area is 93.1 Å². The van der Waals surface area contributed by atoms with Crippen molar-refractivity contribution in [2.24, 2.45) is 11.7 Å². The summed E-state index contributed by atoms with van der Waals surface area (Å²) in [4.78, 5) is 2.49. The molecular weight excluding hydrogens is 186 g/mol. The topological polar surface area (TPSA) is 55.3 Å². The molecule has 1 aliphatic heterocycles. The van der Waals surface area contributed by atoms with Crippen LogP contribution in [0.5, 0.6) is 0 Å². The van der Waals surface area contributed by atoms with Gasteiger partial charge in [-0.1, -0.05) is 37.8 Å². The molecule has 0 amide bonds. The second kappa shape index (κ2) is 9.65. The van der Waals surface area contributed by atoms with Crippen LogP contribution >= 0.6 is 0 Å². The Kier molecular flexibility index (Phi) is 9.07. The van der Waals surface area contributed by atoms with Crippen LogP contribution in [0, 0.1) is 0 Å². The van der Waals surface area contributed by atoms with Gasteiger partial charge in [-0.05, 0) is 31.5 Å². The molecule has 0 aromatic carbocycles. The van der Waals surface area contributed by atoms with E-state index in [4.69, 9.17) is 0 Å². The second-order valence-corrected chi connectivity index (χ2v) is 3.52. The molecule has 1 heterocycles. The third-order valence-electron chi connectivity index (χ3n) is 2.45. The standard InChI is InChI=1S/C12H19N.H4N2/c1-3-8-12(4-2)11-13-9-6-5-7-10-13;1-2/h3-4,8H,1-2,5-7,9-11H2;1-2H2/b12-8+;. The molecule has 1 saturated heterocycles. The van der Waals surface area contributed by atoms with Crippen LogP contribution in [-0.4, -0.2) is 24.5 Å².